The highest BCUT2D eigenvalue weighted by Gasteiger charge is 2.55. The monoisotopic (exact) mass is 422 g/mol. The van der Waals surface area contributed by atoms with Crippen molar-refractivity contribution in [2.75, 3.05) is 18.4 Å². The maximum atomic E-state index is 12.8. The Hall–Kier alpha value is -1.97. The van der Waals surface area contributed by atoms with E-state index in [-0.39, 0.29) is 11.0 Å². The number of nitrogens with one attached hydrogen (secondary N) is 1. The Morgan fingerprint density at radius 2 is 1.62 bits per heavy atom. The van der Waals surface area contributed by atoms with Gasteiger partial charge in [0.1, 0.15) is 0 Å². The molecule has 0 radical (unpaired) electrons. The van der Waals surface area contributed by atoms with Gasteiger partial charge in [0.2, 0.25) is 15.9 Å². The minimum absolute atomic E-state index is 0.191. The molecule has 4 atom stereocenters. The van der Waals surface area contributed by atoms with Crippen molar-refractivity contribution in [1.82, 2.24) is 4.31 Å². The summed E-state index contributed by atoms with van der Waals surface area (Å²) in [6, 6.07) is 6.05. The second kappa shape index (κ2) is 7.70. The van der Waals surface area contributed by atoms with Crippen LogP contribution < -0.4 is 5.32 Å². The average molecular weight is 423 g/mol. The molecule has 1 aromatic carbocycles. The van der Waals surface area contributed by atoms with Crippen LogP contribution in [-0.4, -0.2) is 55.0 Å². The number of carboxylic acids is 1. The lowest BCUT2D eigenvalue weighted by Gasteiger charge is -2.29. The summed E-state index contributed by atoms with van der Waals surface area (Å²) in [5.41, 5.74) is 0.438. The Bertz CT molecular complexity index is 892. The first-order valence-electron chi connectivity index (χ1n) is 10.1. The summed E-state index contributed by atoms with van der Waals surface area (Å²) in [5, 5.41) is 12.2. The predicted octanol–water partition coefficient (Wildman–Crippen LogP) is 1.92. The highest BCUT2D eigenvalue weighted by molar-refractivity contribution is 7.89. The molecule has 3 saturated heterocycles. The molecule has 3 fully saturated rings. The van der Waals surface area contributed by atoms with Gasteiger partial charge in [-0.3, -0.25) is 9.59 Å². The Morgan fingerprint density at radius 3 is 2.21 bits per heavy atom. The first-order valence-corrected chi connectivity index (χ1v) is 11.5. The van der Waals surface area contributed by atoms with Gasteiger partial charge in [-0.05, 0) is 55.9 Å². The number of hydrogen-bond acceptors (Lipinski definition) is 5. The van der Waals surface area contributed by atoms with Gasteiger partial charge in [-0.2, -0.15) is 4.31 Å². The summed E-state index contributed by atoms with van der Waals surface area (Å²) in [7, 11) is -3.55. The zero-order valence-corrected chi connectivity index (χ0v) is 17.1. The van der Waals surface area contributed by atoms with Crippen LogP contribution in [0, 0.1) is 17.8 Å². The van der Waals surface area contributed by atoms with Crippen LogP contribution in [0.1, 0.15) is 32.6 Å². The third-order valence-corrected chi connectivity index (χ3v) is 8.28. The molecule has 0 saturated carbocycles. The summed E-state index contributed by atoms with van der Waals surface area (Å²) >= 11 is 0. The number of carbonyl (C=O) groups excluding carboxylic acids is 1. The van der Waals surface area contributed by atoms with Crippen molar-refractivity contribution in [2.45, 2.75) is 49.7 Å². The third kappa shape index (κ3) is 3.78. The predicted molar refractivity (Wildman–Crippen MR) is 105 cm³/mol. The van der Waals surface area contributed by atoms with Gasteiger partial charge < -0.3 is 15.2 Å². The number of amides is 1. The summed E-state index contributed by atoms with van der Waals surface area (Å²) in [5.74, 6) is -2.46. The van der Waals surface area contributed by atoms with Gasteiger partial charge >= 0.3 is 5.97 Å². The summed E-state index contributed by atoms with van der Waals surface area (Å²) in [4.78, 5) is 24.4. The maximum Gasteiger partial charge on any atom is 0.310 e. The fraction of sp³-hybridized carbons (Fsp3) is 0.600. The summed E-state index contributed by atoms with van der Waals surface area (Å²) < 4.78 is 32.7. The topological polar surface area (TPSA) is 113 Å². The minimum Gasteiger partial charge on any atom is -0.481 e. The van der Waals surface area contributed by atoms with Crippen molar-refractivity contribution < 1.29 is 27.9 Å². The molecule has 2 bridgehead atoms. The van der Waals surface area contributed by atoms with Crippen molar-refractivity contribution in [3.05, 3.63) is 24.3 Å². The normalized spacial score (nSPS) is 30.4. The Balaban J connectivity index is 1.44. The first-order chi connectivity index (χ1) is 13.8. The number of anilines is 1. The van der Waals surface area contributed by atoms with E-state index in [1.165, 1.54) is 16.4 Å². The van der Waals surface area contributed by atoms with Gasteiger partial charge in [0.25, 0.3) is 0 Å². The number of piperidine rings is 1. The van der Waals surface area contributed by atoms with E-state index in [4.69, 9.17) is 4.74 Å². The van der Waals surface area contributed by atoms with Gasteiger partial charge in [0, 0.05) is 18.8 Å². The summed E-state index contributed by atoms with van der Waals surface area (Å²) in [6.07, 6.45) is 2.26. The number of aliphatic carboxylic acids is 1. The molecule has 8 nitrogen and oxygen atoms in total. The van der Waals surface area contributed by atoms with Crippen molar-refractivity contribution in [1.29, 1.82) is 0 Å². The number of fused-ring (bicyclic) bond motifs is 2. The molecule has 0 aliphatic carbocycles. The van der Waals surface area contributed by atoms with Gasteiger partial charge in [-0.15, -0.1) is 0 Å². The maximum absolute atomic E-state index is 12.8. The van der Waals surface area contributed by atoms with Crippen LogP contribution in [0.25, 0.3) is 0 Å². The van der Waals surface area contributed by atoms with E-state index in [2.05, 4.69) is 12.2 Å². The molecule has 3 aliphatic rings. The fourth-order valence-corrected chi connectivity index (χ4v) is 6.10. The van der Waals surface area contributed by atoms with Crippen molar-refractivity contribution in [3.63, 3.8) is 0 Å². The van der Waals surface area contributed by atoms with Gasteiger partial charge in [-0.1, -0.05) is 6.92 Å². The molecule has 3 aliphatic heterocycles. The molecule has 29 heavy (non-hydrogen) atoms. The zero-order valence-electron chi connectivity index (χ0n) is 16.3. The van der Waals surface area contributed by atoms with E-state index in [1.54, 1.807) is 12.1 Å². The molecule has 0 unspecified atom stereocenters. The number of carbonyl (C=O) groups is 2. The minimum atomic E-state index is -3.55. The van der Waals surface area contributed by atoms with Gasteiger partial charge in [0.15, 0.2) is 0 Å². The number of rotatable bonds is 5. The second-order valence-electron chi connectivity index (χ2n) is 8.28. The lowest BCUT2D eigenvalue weighted by atomic mass is 9.78. The molecule has 4 rings (SSSR count). The third-order valence-electron chi connectivity index (χ3n) is 6.36. The molecule has 3 heterocycles. The van der Waals surface area contributed by atoms with Crippen LogP contribution in [0.15, 0.2) is 29.2 Å². The van der Waals surface area contributed by atoms with Gasteiger partial charge in [-0.25, -0.2) is 8.42 Å². The highest BCUT2D eigenvalue weighted by Crippen LogP contribution is 2.44. The molecule has 1 aromatic rings. The molecule has 9 heteroatoms. The standard InChI is InChI=1S/C20H26N2O6S/c1-12-8-10-22(11-9-12)29(26,27)14-4-2-13(3-5-14)21-19(23)17-15-6-7-16(28-15)18(17)20(24)25/h2-5,12,15-18H,6-11H2,1H3,(H,21,23)(H,24,25)/t15-,16-,17+,18-/m0/s1. The number of sulfonamides is 1. The van der Waals surface area contributed by atoms with E-state index in [0.717, 1.165) is 12.8 Å². The highest BCUT2D eigenvalue weighted by atomic mass is 32.2. The van der Waals surface area contributed by atoms with Crippen LogP contribution in [-0.2, 0) is 24.3 Å². The van der Waals surface area contributed by atoms with E-state index >= 15 is 0 Å². The molecule has 0 spiro atoms. The number of nitrogens with zero attached hydrogens (tertiary/aromatic N) is 1. The van der Waals surface area contributed by atoms with Crippen molar-refractivity contribution >= 4 is 27.6 Å². The van der Waals surface area contributed by atoms with Crippen LogP contribution in [0.2, 0.25) is 0 Å². The van der Waals surface area contributed by atoms with Crippen LogP contribution >= 0.6 is 0 Å². The smallest absolute Gasteiger partial charge is 0.310 e. The number of hydrogen-bond donors (Lipinski definition) is 2. The number of ether oxygens (including phenoxy) is 1. The molecule has 1 amide bonds. The van der Waals surface area contributed by atoms with E-state index in [9.17, 15) is 23.1 Å². The average Bonchev–Trinajstić information content (AvgIpc) is 3.30. The molecular weight excluding hydrogens is 396 g/mol. The van der Waals surface area contributed by atoms with Crippen LogP contribution in [0.4, 0.5) is 5.69 Å². The second-order valence-corrected chi connectivity index (χ2v) is 10.2. The van der Waals surface area contributed by atoms with E-state index in [0.29, 0.717) is 37.5 Å². The quantitative estimate of drug-likeness (QED) is 0.750. The number of benzene rings is 1. The molecule has 158 valence electrons. The Morgan fingerprint density at radius 1 is 1.03 bits per heavy atom. The largest absolute Gasteiger partial charge is 0.481 e. The lowest BCUT2D eigenvalue weighted by Crippen LogP contribution is -2.41. The molecule has 0 aromatic heterocycles. The SMILES string of the molecule is CC1CCN(S(=O)(=O)c2ccc(NC(=O)[C@H]3[C@@H](C(=O)O)[C@@H]4CC[C@@H]3O4)cc2)CC1. The van der Waals surface area contributed by atoms with E-state index < -0.39 is 39.8 Å². The van der Waals surface area contributed by atoms with Crippen LogP contribution in [0.5, 0.6) is 0 Å². The van der Waals surface area contributed by atoms with Crippen molar-refractivity contribution in [2.24, 2.45) is 17.8 Å². The van der Waals surface area contributed by atoms with Gasteiger partial charge in [0.05, 0.1) is 28.9 Å². The Kier molecular flexibility index (Phi) is 5.39. The first kappa shape index (κ1) is 20.3. The Labute approximate surface area is 170 Å². The summed E-state index contributed by atoms with van der Waals surface area (Å²) in [6.45, 7) is 3.16. The molecular formula is C20H26N2O6S. The fourth-order valence-electron chi connectivity index (χ4n) is 4.63. The van der Waals surface area contributed by atoms with Crippen LogP contribution in [0.3, 0.4) is 0 Å². The number of carboxylic acid groups (broad SMARTS) is 1. The molecule has 2 N–H and O–H groups in total. The van der Waals surface area contributed by atoms with E-state index in [1.807, 2.05) is 0 Å². The zero-order chi connectivity index (χ0) is 20.8. The van der Waals surface area contributed by atoms with Crippen molar-refractivity contribution in [3.8, 4) is 0 Å². The lowest BCUT2D eigenvalue weighted by molar-refractivity contribution is -0.147.